The van der Waals surface area contributed by atoms with E-state index in [9.17, 15) is 9.59 Å². The molecule has 0 aliphatic heterocycles. The Bertz CT molecular complexity index is 595. The van der Waals surface area contributed by atoms with Crippen molar-refractivity contribution < 1.29 is 9.59 Å². The molecule has 0 atom stereocenters. The highest BCUT2D eigenvalue weighted by molar-refractivity contribution is 6.01. The first-order valence-corrected chi connectivity index (χ1v) is 10.5. The first-order valence-electron chi connectivity index (χ1n) is 10.5. The summed E-state index contributed by atoms with van der Waals surface area (Å²) in [7, 11) is 0. The second-order valence-corrected chi connectivity index (χ2v) is 8.42. The summed E-state index contributed by atoms with van der Waals surface area (Å²) < 4.78 is 0. The molecule has 0 bridgehead atoms. The SMILES string of the molecule is Cc1cc(C(=O)NC2CCCCC2)c(C)cc1C(=O)CC1CCCCC1. The van der Waals surface area contributed by atoms with Gasteiger partial charge in [0.05, 0.1) is 0 Å². The molecule has 2 aliphatic rings. The van der Waals surface area contributed by atoms with Crippen LogP contribution in [0.25, 0.3) is 0 Å². The van der Waals surface area contributed by atoms with E-state index in [1.54, 1.807) is 0 Å². The molecule has 2 saturated carbocycles. The van der Waals surface area contributed by atoms with Crippen molar-refractivity contribution in [2.45, 2.75) is 90.5 Å². The Hall–Kier alpha value is -1.64. The fraction of sp³-hybridized carbons (Fsp3) is 0.652. The molecule has 2 aliphatic carbocycles. The second-order valence-electron chi connectivity index (χ2n) is 8.42. The molecule has 1 N–H and O–H groups in total. The molecule has 3 rings (SSSR count). The summed E-state index contributed by atoms with van der Waals surface area (Å²) in [5.74, 6) is 0.811. The Morgan fingerprint density at radius 3 is 2.04 bits per heavy atom. The number of benzene rings is 1. The number of carbonyl (C=O) groups is 2. The van der Waals surface area contributed by atoms with Gasteiger partial charge in [0.1, 0.15) is 0 Å². The zero-order valence-corrected chi connectivity index (χ0v) is 16.4. The third kappa shape index (κ3) is 4.75. The van der Waals surface area contributed by atoms with Crippen LogP contribution in [0, 0.1) is 19.8 Å². The molecule has 2 fully saturated rings. The van der Waals surface area contributed by atoms with Crippen LogP contribution in [0.15, 0.2) is 12.1 Å². The first kappa shape index (κ1) is 19.1. The number of hydrogen-bond acceptors (Lipinski definition) is 2. The first-order chi connectivity index (χ1) is 12.5. The van der Waals surface area contributed by atoms with Crippen LogP contribution in [0.5, 0.6) is 0 Å². The van der Waals surface area contributed by atoms with Gasteiger partial charge < -0.3 is 5.32 Å². The Balaban J connectivity index is 1.68. The Morgan fingerprint density at radius 1 is 0.846 bits per heavy atom. The lowest BCUT2D eigenvalue weighted by molar-refractivity contribution is 0.0921. The Labute approximate surface area is 157 Å². The van der Waals surface area contributed by atoms with Crippen molar-refractivity contribution in [2.75, 3.05) is 0 Å². The number of carbonyl (C=O) groups excluding carboxylic acids is 2. The van der Waals surface area contributed by atoms with Gasteiger partial charge in [-0.3, -0.25) is 9.59 Å². The lowest BCUT2D eigenvalue weighted by atomic mass is 9.84. The molecule has 1 aromatic carbocycles. The topological polar surface area (TPSA) is 46.2 Å². The molecule has 3 nitrogen and oxygen atoms in total. The molecule has 0 radical (unpaired) electrons. The van der Waals surface area contributed by atoms with Crippen molar-refractivity contribution in [3.8, 4) is 0 Å². The van der Waals surface area contributed by atoms with Crippen LogP contribution in [-0.2, 0) is 0 Å². The minimum absolute atomic E-state index is 0.0174. The van der Waals surface area contributed by atoms with Gasteiger partial charge in [-0.2, -0.15) is 0 Å². The van der Waals surface area contributed by atoms with Crippen molar-refractivity contribution in [1.29, 1.82) is 0 Å². The van der Waals surface area contributed by atoms with Crippen LogP contribution in [0.3, 0.4) is 0 Å². The van der Waals surface area contributed by atoms with Crippen LogP contribution in [0.4, 0.5) is 0 Å². The van der Waals surface area contributed by atoms with E-state index < -0.39 is 0 Å². The van der Waals surface area contributed by atoms with Gasteiger partial charge in [0, 0.05) is 23.6 Å². The summed E-state index contributed by atoms with van der Waals surface area (Å²) in [6.45, 7) is 3.91. The highest BCUT2D eigenvalue weighted by Crippen LogP contribution is 2.28. The maximum absolute atomic E-state index is 12.8. The van der Waals surface area contributed by atoms with E-state index in [0.29, 0.717) is 18.4 Å². The summed E-state index contributed by atoms with van der Waals surface area (Å²) in [6.07, 6.45) is 12.7. The molecule has 1 aromatic rings. The molecule has 0 spiro atoms. The van der Waals surface area contributed by atoms with Crippen LogP contribution in [-0.4, -0.2) is 17.7 Å². The minimum atomic E-state index is 0.0174. The third-order valence-corrected chi connectivity index (χ3v) is 6.26. The third-order valence-electron chi connectivity index (χ3n) is 6.26. The number of amides is 1. The van der Waals surface area contributed by atoms with Gasteiger partial charge in [0.15, 0.2) is 5.78 Å². The summed E-state index contributed by atoms with van der Waals surface area (Å²) >= 11 is 0. The smallest absolute Gasteiger partial charge is 0.251 e. The maximum Gasteiger partial charge on any atom is 0.251 e. The molecule has 0 aromatic heterocycles. The molecular weight excluding hydrogens is 322 g/mol. The normalized spacial score (nSPS) is 19.3. The van der Waals surface area contributed by atoms with Crippen molar-refractivity contribution >= 4 is 11.7 Å². The number of rotatable bonds is 5. The van der Waals surface area contributed by atoms with Gasteiger partial charge in [-0.1, -0.05) is 51.4 Å². The number of hydrogen-bond donors (Lipinski definition) is 1. The quantitative estimate of drug-likeness (QED) is 0.707. The van der Waals surface area contributed by atoms with Gasteiger partial charge in [-0.15, -0.1) is 0 Å². The number of aryl methyl sites for hydroxylation is 2. The summed E-state index contributed by atoms with van der Waals surface area (Å²) in [4.78, 5) is 25.5. The van der Waals surface area contributed by atoms with E-state index in [1.807, 2.05) is 26.0 Å². The molecular formula is C23H33NO2. The highest BCUT2D eigenvalue weighted by Gasteiger charge is 2.22. The average molecular weight is 356 g/mol. The second kappa shape index (κ2) is 8.83. The summed E-state index contributed by atoms with van der Waals surface area (Å²) in [6, 6.07) is 4.17. The summed E-state index contributed by atoms with van der Waals surface area (Å²) in [5, 5.41) is 3.19. The average Bonchev–Trinajstić information content (AvgIpc) is 2.64. The zero-order valence-electron chi connectivity index (χ0n) is 16.4. The standard InChI is InChI=1S/C23H33NO2/c1-16-14-21(23(26)24-19-11-7-4-8-12-19)17(2)13-20(16)22(25)15-18-9-5-3-6-10-18/h13-14,18-19H,3-12,15H2,1-2H3,(H,24,26). The molecule has 0 saturated heterocycles. The summed E-state index contributed by atoms with van der Waals surface area (Å²) in [5.41, 5.74) is 3.38. The van der Waals surface area contributed by atoms with Crippen molar-refractivity contribution in [2.24, 2.45) is 5.92 Å². The van der Waals surface area contributed by atoms with Crippen LogP contribution in [0.2, 0.25) is 0 Å². The van der Waals surface area contributed by atoms with E-state index in [4.69, 9.17) is 0 Å². The number of ketones is 1. The molecule has 26 heavy (non-hydrogen) atoms. The fourth-order valence-corrected chi connectivity index (χ4v) is 4.63. The molecule has 0 heterocycles. The van der Waals surface area contributed by atoms with E-state index in [2.05, 4.69) is 5.32 Å². The van der Waals surface area contributed by atoms with Crippen LogP contribution < -0.4 is 5.32 Å². The van der Waals surface area contributed by atoms with E-state index in [0.717, 1.165) is 35.1 Å². The number of nitrogens with one attached hydrogen (secondary N) is 1. The number of Topliss-reactive ketones (excluding diaryl/α,β-unsaturated/α-hetero) is 1. The van der Waals surface area contributed by atoms with Crippen LogP contribution in [0.1, 0.15) is 102 Å². The van der Waals surface area contributed by atoms with E-state index in [-0.39, 0.29) is 11.7 Å². The van der Waals surface area contributed by atoms with Gasteiger partial charge in [-0.25, -0.2) is 0 Å². The van der Waals surface area contributed by atoms with Gasteiger partial charge in [-0.05, 0) is 55.9 Å². The Morgan fingerprint density at radius 2 is 1.38 bits per heavy atom. The van der Waals surface area contributed by atoms with Crippen LogP contribution >= 0.6 is 0 Å². The van der Waals surface area contributed by atoms with Crippen molar-refractivity contribution in [1.82, 2.24) is 5.32 Å². The van der Waals surface area contributed by atoms with E-state index in [1.165, 1.54) is 51.4 Å². The zero-order chi connectivity index (χ0) is 18.5. The monoisotopic (exact) mass is 355 g/mol. The fourth-order valence-electron chi connectivity index (χ4n) is 4.63. The predicted molar refractivity (Wildman–Crippen MR) is 106 cm³/mol. The lowest BCUT2D eigenvalue weighted by Gasteiger charge is -2.23. The van der Waals surface area contributed by atoms with Crippen molar-refractivity contribution in [3.05, 3.63) is 34.4 Å². The van der Waals surface area contributed by atoms with Gasteiger partial charge in [0.2, 0.25) is 0 Å². The van der Waals surface area contributed by atoms with Gasteiger partial charge in [0.25, 0.3) is 5.91 Å². The largest absolute Gasteiger partial charge is 0.349 e. The lowest BCUT2D eigenvalue weighted by Crippen LogP contribution is -2.36. The van der Waals surface area contributed by atoms with Crippen molar-refractivity contribution in [3.63, 3.8) is 0 Å². The molecule has 142 valence electrons. The maximum atomic E-state index is 12.8. The molecule has 0 unspecified atom stereocenters. The van der Waals surface area contributed by atoms with Gasteiger partial charge >= 0.3 is 0 Å². The Kier molecular flexibility index (Phi) is 6.50. The molecule has 3 heteroatoms. The van der Waals surface area contributed by atoms with E-state index >= 15 is 0 Å². The highest BCUT2D eigenvalue weighted by atomic mass is 16.1. The predicted octanol–water partition coefficient (Wildman–Crippen LogP) is 5.52. The minimum Gasteiger partial charge on any atom is -0.349 e. The molecule has 1 amide bonds.